The van der Waals surface area contributed by atoms with Crippen molar-refractivity contribution in [2.45, 2.75) is 19.3 Å². The Balaban J connectivity index is 1.53. The Morgan fingerprint density at radius 1 is 1.13 bits per heavy atom. The van der Waals surface area contributed by atoms with E-state index in [1.807, 2.05) is 11.0 Å². The van der Waals surface area contributed by atoms with Crippen LogP contribution in [0.25, 0.3) is 10.9 Å². The lowest BCUT2D eigenvalue weighted by Crippen LogP contribution is -2.39. The van der Waals surface area contributed by atoms with E-state index in [2.05, 4.69) is 29.2 Å². The van der Waals surface area contributed by atoms with Gasteiger partial charge in [-0.3, -0.25) is 14.4 Å². The Labute approximate surface area is 174 Å². The maximum atomic E-state index is 13.2. The molecular weight excluding hydrogens is 380 g/mol. The number of nitrogens with one attached hydrogen (secondary N) is 1. The molecule has 0 spiro atoms. The van der Waals surface area contributed by atoms with Gasteiger partial charge in [0.05, 0.1) is 18.2 Å². The molecule has 6 nitrogen and oxygen atoms in total. The van der Waals surface area contributed by atoms with E-state index in [1.54, 1.807) is 12.1 Å². The number of aromatic amines is 1. The Kier molecular flexibility index (Phi) is 5.65. The highest BCUT2D eigenvalue weighted by Crippen LogP contribution is 2.30. The molecule has 2 heterocycles. The van der Waals surface area contributed by atoms with Gasteiger partial charge in [-0.1, -0.05) is 30.3 Å². The summed E-state index contributed by atoms with van der Waals surface area (Å²) < 4.78 is 5.44. The average Bonchev–Trinajstić information content (AvgIpc) is 3.21. The first-order valence-electron chi connectivity index (χ1n) is 10.1. The number of benzene rings is 2. The summed E-state index contributed by atoms with van der Waals surface area (Å²) in [6.07, 6.45) is 4.70. The fourth-order valence-electron chi connectivity index (χ4n) is 4.21. The topological polar surface area (TPSA) is 79.5 Å². The molecule has 0 radical (unpaired) electrons. The molecule has 0 bridgehead atoms. The lowest BCUT2D eigenvalue weighted by atomic mass is 9.90. The summed E-state index contributed by atoms with van der Waals surface area (Å²) >= 11 is 0. The minimum atomic E-state index is -0.619. The average molecular weight is 404 g/mol. The van der Waals surface area contributed by atoms with E-state index in [0.717, 1.165) is 19.3 Å². The highest BCUT2D eigenvalue weighted by Gasteiger charge is 2.26. The van der Waals surface area contributed by atoms with Crippen LogP contribution in [-0.2, 0) is 11.2 Å². The van der Waals surface area contributed by atoms with Gasteiger partial charge in [0.25, 0.3) is 5.91 Å². The molecule has 0 saturated carbocycles. The summed E-state index contributed by atoms with van der Waals surface area (Å²) in [5, 5.41) is 0.551. The number of rotatable bonds is 6. The minimum Gasteiger partial charge on any atom is -0.496 e. The van der Waals surface area contributed by atoms with Crippen molar-refractivity contribution in [3.05, 3.63) is 65.4 Å². The molecule has 1 fully saturated rings. The van der Waals surface area contributed by atoms with Crippen LogP contribution in [0.5, 0.6) is 5.75 Å². The van der Waals surface area contributed by atoms with Crippen molar-refractivity contribution in [1.82, 2.24) is 9.88 Å². The molecule has 3 aromatic rings. The van der Waals surface area contributed by atoms with Crippen LogP contribution < -0.4 is 4.74 Å². The number of aldehydes is 1. The molecule has 1 amide bonds. The molecule has 0 unspecified atom stereocenters. The molecule has 1 aliphatic rings. The Bertz CT molecular complexity index is 1080. The van der Waals surface area contributed by atoms with Gasteiger partial charge in [-0.05, 0) is 36.8 Å². The molecule has 4 rings (SSSR count). The van der Waals surface area contributed by atoms with Crippen molar-refractivity contribution < 1.29 is 19.1 Å². The summed E-state index contributed by atoms with van der Waals surface area (Å²) in [4.78, 5) is 40.9. The van der Waals surface area contributed by atoms with Crippen molar-refractivity contribution in [3.8, 4) is 5.75 Å². The lowest BCUT2D eigenvalue weighted by molar-refractivity contribution is -0.104. The molecule has 2 aromatic carbocycles. The quantitative estimate of drug-likeness (QED) is 0.386. The molecule has 1 aliphatic heterocycles. The van der Waals surface area contributed by atoms with Crippen molar-refractivity contribution in [2.24, 2.45) is 5.92 Å². The number of aromatic nitrogens is 1. The summed E-state index contributed by atoms with van der Waals surface area (Å²) in [7, 11) is 1.52. The number of nitrogens with zero attached hydrogens (tertiary/aromatic N) is 1. The third kappa shape index (κ3) is 3.85. The summed E-state index contributed by atoms with van der Waals surface area (Å²) in [6, 6.07) is 13.8. The number of ketones is 1. The van der Waals surface area contributed by atoms with Gasteiger partial charge in [0.1, 0.15) is 5.75 Å². The molecule has 1 saturated heterocycles. The molecule has 6 heteroatoms. The van der Waals surface area contributed by atoms with Crippen molar-refractivity contribution >= 4 is 28.9 Å². The molecule has 30 heavy (non-hydrogen) atoms. The number of carbonyl (C=O) groups is 3. The SMILES string of the molecule is COc1cc2[nH]cc(C(=O)C=O)c2cc1C(=O)N1CCC(Cc2ccccc2)CC1. The van der Waals surface area contributed by atoms with Gasteiger partial charge in [-0.2, -0.15) is 0 Å². The molecule has 154 valence electrons. The number of likely N-dealkylation sites (tertiary alicyclic amines) is 1. The minimum absolute atomic E-state index is 0.113. The van der Waals surface area contributed by atoms with Gasteiger partial charge in [0.15, 0.2) is 6.29 Å². The van der Waals surface area contributed by atoms with E-state index in [0.29, 0.717) is 41.2 Å². The van der Waals surface area contributed by atoms with Gasteiger partial charge in [0, 0.05) is 36.3 Å². The zero-order valence-electron chi connectivity index (χ0n) is 16.9. The normalized spacial score (nSPS) is 14.6. The van der Waals surface area contributed by atoms with Crippen molar-refractivity contribution in [3.63, 3.8) is 0 Å². The molecular formula is C24H24N2O4. The summed E-state index contributed by atoms with van der Waals surface area (Å²) in [6.45, 7) is 1.37. The first-order chi connectivity index (χ1) is 14.6. The highest BCUT2D eigenvalue weighted by atomic mass is 16.5. The fourth-order valence-corrected chi connectivity index (χ4v) is 4.21. The largest absolute Gasteiger partial charge is 0.496 e. The van der Waals surface area contributed by atoms with Gasteiger partial charge in [-0.15, -0.1) is 0 Å². The van der Waals surface area contributed by atoms with Gasteiger partial charge >= 0.3 is 0 Å². The monoisotopic (exact) mass is 404 g/mol. The molecule has 0 atom stereocenters. The molecule has 1 N–H and O–H groups in total. The van der Waals surface area contributed by atoms with Crippen LogP contribution in [0, 0.1) is 5.92 Å². The Hall–Kier alpha value is -3.41. The van der Waals surface area contributed by atoms with E-state index < -0.39 is 5.78 Å². The third-order valence-corrected chi connectivity index (χ3v) is 5.87. The Morgan fingerprint density at radius 2 is 1.87 bits per heavy atom. The highest BCUT2D eigenvalue weighted by molar-refractivity contribution is 6.36. The predicted octanol–water partition coefficient (Wildman–Crippen LogP) is 3.65. The number of fused-ring (bicyclic) bond motifs is 1. The maximum Gasteiger partial charge on any atom is 0.257 e. The lowest BCUT2D eigenvalue weighted by Gasteiger charge is -2.32. The van der Waals surface area contributed by atoms with E-state index in [1.165, 1.54) is 18.9 Å². The number of ether oxygens (including phenoxy) is 1. The number of piperidine rings is 1. The van der Waals surface area contributed by atoms with Crippen LogP contribution in [0.15, 0.2) is 48.7 Å². The smallest absolute Gasteiger partial charge is 0.257 e. The molecule has 1 aromatic heterocycles. The molecule has 0 aliphatic carbocycles. The first kappa shape index (κ1) is 19.9. The summed E-state index contributed by atoms with van der Waals surface area (Å²) in [5.74, 6) is 0.275. The van der Waals surface area contributed by atoms with E-state index in [4.69, 9.17) is 4.74 Å². The maximum absolute atomic E-state index is 13.2. The second-order valence-electron chi connectivity index (χ2n) is 7.71. The number of methoxy groups -OCH3 is 1. The number of H-pyrrole nitrogens is 1. The first-order valence-corrected chi connectivity index (χ1v) is 10.1. The number of hydrogen-bond donors (Lipinski definition) is 1. The van der Waals surface area contributed by atoms with Crippen molar-refractivity contribution in [1.29, 1.82) is 0 Å². The van der Waals surface area contributed by atoms with Gasteiger partial charge in [0.2, 0.25) is 5.78 Å². The zero-order chi connectivity index (χ0) is 21.1. The van der Waals surface area contributed by atoms with Gasteiger partial charge < -0.3 is 14.6 Å². The second kappa shape index (κ2) is 8.53. The van der Waals surface area contributed by atoms with Crippen LogP contribution in [0.4, 0.5) is 0 Å². The Morgan fingerprint density at radius 3 is 2.53 bits per heavy atom. The third-order valence-electron chi connectivity index (χ3n) is 5.87. The van der Waals surface area contributed by atoms with Crippen LogP contribution in [0.3, 0.4) is 0 Å². The number of hydrogen-bond acceptors (Lipinski definition) is 4. The van der Waals surface area contributed by atoms with Crippen LogP contribution in [-0.4, -0.2) is 48.1 Å². The number of amides is 1. The van der Waals surface area contributed by atoms with E-state index >= 15 is 0 Å². The standard InChI is InChI=1S/C24H24N2O4/c1-30-23-13-21-18(20(14-25-21)22(28)15-27)12-19(23)24(29)26-9-7-17(8-10-26)11-16-5-3-2-4-6-16/h2-6,12-15,17,25H,7-11H2,1H3. The second-order valence-corrected chi connectivity index (χ2v) is 7.71. The summed E-state index contributed by atoms with van der Waals surface area (Å²) in [5.41, 5.74) is 2.65. The predicted molar refractivity (Wildman–Crippen MR) is 114 cm³/mol. The van der Waals surface area contributed by atoms with Gasteiger partial charge in [-0.25, -0.2) is 0 Å². The number of Topliss-reactive ketones (excluding diaryl/α,β-unsaturated/α-hetero) is 1. The zero-order valence-corrected chi connectivity index (χ0v) is 16.9. The van der Waals surface area contributed by atoms with E-state index in [9.17, 15) is 14.4 Å². The van der Waals surface area contributed by atoms with Crippen LogP contribution in [0.2, 0.25) is 0 Å². The van der Waals surface area contributed by atoms with Crippen LogP contribution >= 0.6 is 0 Å². The number of carbonyl (C=O) groups excluding carboxylic acids is 3. The van der Waals surface area contributed by atoms with Crippen LogP contribution in [0.1, 0.15) is 39.1 Å². The fraction of sp³-hybridized carbons (Fsp3) is 0.292. The van der Waals surface area contributed by atoms with Crippen molar-refractivity contribution in [2.75, 3.05) is 20.2 Å². The van der Waals surface area contributed by atoms with E-state index in [-0.39, 0.29) is 17.8 Å².